The molecule has 0 atom stereocenters. The number of ether oxygens (including phenoxy) is 1. The lowest BCUT2D eigenvalue weighted by Crippen LogP contribution is -2.24. The molecule has 1 saturated carbocycles. The number of rotatable bonds is 4. The van der Waals surface area contributed by atoms with Crippen molar-refractivity contribution in [1.82, 2.24) is 0 Å². The van der Waals surface area contributed by atoms with E-state index in [1.807, 2.05) is 42.5 Å². The zero-order valence-corrected chi connectivity index (χ0v) is 14.6. The molecule has 0 bridgehead atoms. The fourth-order valence-corrected chi connectivity index (χ4v) is 3.42. The SMILES string of the molecule is COc1ccc(Cl)c(-c2ccc(NC(=O)C3CCCCC3)cc2)c1. The van der Waals surface area contributed by atoms with Gasteiger partial charge in [0.15, 0.2) is 0 Å². The molecule has 0 heterocycles. The Morgan fingerprint density at radius 1 is 1.08 bits per heavy atom. The van der Waals surface area contributed by atoms with Crippen molar-refractivity contribution in [3.8, 4) is 16.9 Å². The third-order valence-electron chi connectivity index (χ3n) is 4.61. The van der Waals surface area contributed by atoms with Crippen LogP contribution < -0.4 is 10.1 Å². The van der Waals surface area contributed by atoms with Crippen LogP contribution in [0.3, 0.4) is 0 Å². The van der Waals surface area contributed by atoms with Crippen LogP contribution in [0.5, 0.6) is 5.75 Å². The van der Waals surface area contributed by atoms with Crippen molar-refractivity contribution in [2.45, 2.75) is 32.1 Å². The van der Waals surface area contributed by atoms with Gasteiger partial charge in [-0.25, -0.2) is 0 Å². The summed E-state index contributed by atoms with van der Waals surface area (Å²) in [5.41, 5.74) is 2.74. The molecule has 4 heteroatoms. The zero-order chi connectivity index (χ0) is 16.9. The summed E-state index contributed by atoms with van der Waals surface area (Å²) in [6.45, 7) is 0. The number of amides is 1. The Morgan fingerprint density at radius 2 is 1.79 bits per heavy atom. The Bertz CT molecular complexity index is 706. The molecular weight excluding hydrogens is 322 g/mol. The van der Waals surface area contributed by atoms with Crippen LogP contribution in [-0.2, 0) is 4.79 Å². The van der Waals surface area contributed by atoms with Gasteiger partial charge < -0.3 is 10.1 Å². The maximum Gasteiger partial charge on any atom is 0.227 e. The van der Waals surface area contributed by atoms with Crippen molar-refractivity contribution in [1.29, 1.82) is 0 Å². The van der Waals surface area contributed by atoms with Gasteiger partial charge >= 0.3 is 0 Å². The highest BCUT2D eigenvalue weighted by atomic mass is 35.5. The molecule has 126 valence electrons. The molecule has 0 saturated heterocycles. The molecule has 1 aliphatic carbocycles. The summed E-state index contributed by atoms with van der Waals surface area (Å²) in [6, 6.07) is 13.4. The normalized spacial score (nSPS) is 15.1. The molecule has 1 fully saturated rings. The van der Waals surface area contributed by atoms with Crippen LogP contribution in [-0.4, -0.2) is 13.0 Å². The van der Waals surface area contributed by atoms with Crippen LogP contribution in [0.25, 0.3) is 11.1 Å². The van der Waals surface area contributed by atoms with Crippen LogP contribution in [0, 0.1) is 5.92 Å². The first-order valence-electron chi connectivity index (χ1n) is 8.42. The van der Waals surface area contributed by atoms with E-state index in [4.69, 9.17) is 16.3 Å². The Balaban J connectivity index is 1.72. The van der Waals surface area contributed by atoms with E-state index >= 15 is 0 Å². The van der Waals surface area contributed by atoms with E-state index < -0.39 is 0 Å². The molecule has 0 spiro atoms. The first kappa shape index (κ1) is 16.8. The van der Waals surface area contributed by atoms with Crippen molar-refractivity contribution in [2.24, 2.45) is 5.92 Å². The zero-order valence-electron chi connectivity index (χ0n) is 13.8. The predicted molar refractivity (Wildman–Crippen MR) is 98.6 cm³/mol. The summed E-state index contributed by atoms with van der Waals surface area (Å²) in [4.78, 5) is 12.3. The van der Waals surface area contributed by atoms with Gasteiger partial charge in [0.25, 0.3) is 0 Å². The lowest BCUT2D eigenvalue weighted by Gasteiger charge is -2.20. The van der Waals surface area contributed by atoms with Crippen LogP contribution in [0.4, 0.5) is 5.69 Å². The molecule has 0 aliphatic heterocycles. The Morgan fingerprint density at radius 3 is 2.46 bits per heavy atom. The van der Waals surface area contributed by atoms with E-state index in [2.05, 4.69) is 5.32 Å². The smallest absolute Gasteiger partial charge is 0.227 e. The Labute approximate surface area is 148 Å². The Kier molecular flexibility index (Phi) is 5.41. The average molecular weight is 344 g/mol. The number of halogens is 1. The minimum absolute atomic E-state index is 0.141. The highest BCUT2D eigenvalue weighted by Crippen LogP contribution is 2.32. The molecule has 3 nitrogen and oxygen atoms in total. The van der Waals surface area contributed by atoms with Crippen molar-refractivity contribution >= 4 is 23.2 Å². The maximum absolute atomic E-state index is 12.3. The van der Waals surface area contributed by atoms with Gasteiger partial charge in [0.2, 0.25) is 5.91 Å². The molecule has 2 aromatic carbocycles. The van der Waals surface area contributed by atoms with Gasteiger partial charge in [-0.2, -0.15) is 0 Å². The molecule has 0 aromatic heterocycles. The number of carbonyl (C=O) groups excluding carboxylic acids is 1. The highest BCUT2D eigenvalue weighted by Gasteiger charge is 2.21. The largest absolute Gasteiger partial charge is 0.497 e. The predicted octanol–water partition coefficient (Wildman–Crippen LogP) is 5.53. The molecule has 2 aromatic rings. The summed E-state index contributed by atoms with van der Waals surface area (Å²) in [6.07, 6.45) is 5.57. The van der Waals surface area contributed by atoms with Gasteiger partial charge in [-0.1, -0.05) is 43.0 Å². The average Bonchev–Trinajstić information content (AvgIpc) is 2.63. The van der Waals surface area contributed by atoms with E-state index in [0.29, 0.717) is 5.02 Å². The van der Waals surface area contributed by atoms with E-state index in [0.717, 1.165) is 48.2 Å². The van der Waals surface area contributed by atoms with E-state index in [1.165, 1.54) is 6.42 Å². The number of nitrogens with one attached hydrogen (secondary N) is 1. The van der Waals surface area contributed by atoms with Crippen molar-refractivity contribution in [2.75, 3.05) is 12.4 Å². The lowest BCUT2D eigenvalue weighted by atomic mass is 9.88. The summed E-state index contributed by atoms with van der Waals surface area (Å²) in [5, 5.41) is 3.71. The molecule has 0 unspecified atom stereocenters. The molecule has 1 aliphatic rings. The van der Waals surface area contributed by atoms with Crippen molar-refractivity contribution in [3.05, 3.63) is 47.5 Å². The number of methoxy groups -OCH3 is 1. The minimum atomic E-state index is 0.141. The third-order valence-corrected chi connectivity index (χ3v) is 4.94. The number of hydrogen-bond donors (Lipinski definition) is 1. The molecular formula is C20H22ClNO2. The van der Waals surface area contributed by atoms with Gasteiger partial charge in [0.05, 0.1) is 7.11 Å². The van der Waals surface area contributed by atoms with Crippen LogP contribution in [0.2, 0.25) is 5.02 Å². The van der Waals surface area contributed by atoms with Crippen LogP contribution in [0.15, 0.2) is 42.5 Å². The van der Waals surface area contributed by atoms with E-state index in [-0.39, 0.29) is 11.8 Å². The van der Waals surface area contributed by atoms with Gasteiger partial charge in [-0.05, 0) is 48.7 Å². The second-order valence-corrected chi connectivity index (χ2v) is 6.65. The molecule has 1 amide bonds. The quantitative estimate of drug-likeness (QED) is 0.792. The second kappa shape index (κ2) is 7.71. The fraction of sp³-hybridized carbons (Fsp3) is 0.350. The summed E-state index contributed by atoms with van der Waals surface area (Å²) < 4.78 is 5.26. The topological polar surface area (TPSA) is 38.3 Å². The van der Waals surface area contributed by atoms with E-state index in [9.17, 15) is 4.79 Å². The number of anilines is 1. The van der Waals surface area contributed by atoms with Crippen molar-refractivity contribution < 1.29 is 9.53 Å². The fourth-order valence-electron chi connectivity index (χ4n) is 3.19. The second-order valence-electron chi connectivity index (χ2n) is 6.25. The van der Waals surface area contributed by atoms with E-state index in [1.54, 1.807) is 7.11 Å². The van der Waals surface area contributed by atoms with Crippen LogP contribution >= 0.6 is 11.6 Å². The number of benzene rings is 2. The molecule has 1 N–H and O–H groups in total. The standard InChI is InChI=1S/C20H22ClNO2/c1-24-17-11-12-19(21)18(13-17)14-7-9-16(10-8-14)22-20(23)15-5-3-2-4-6-15/h7-13,15H,2-6H2,1H3,(H,22,23). The Hall–Kier alpha value is -2.00. The lowest BCUT2D eigenvalue weighted by molar-refractivity contribution is -0.120. The minimum Gasteiger partial charge on any atom is -0.497 e. The summed E-state index contributed by atoms with van der Waals surface area (Å²) in [5.74, 6) is 1.07. The van der Waals surface area contributed by atoms with Crippen LogP contribution in [0.1, 0.15) is 32.1 Å². The number of carbonyl (C=O) groups is 1. The van der Waals surface area contributed by atoms with Gasteiger partial charge in [-0.15, -0.1) is 0 Å². The molecule has 3 rings (SSSR count). The molecule has 24 heavy (non-hydrogen) atoms. The van der Waals surface area contributed by atoms with Gasteiger partial charge in [-0.3, -0.25) is 4.79 Å². The first-order chi connectivity index (χ1) is 11.7. The summed E-state index contributed by atoms with van der Waals surface area (Å²) in [7, 11) is 1.64. The maximum atomic E-state index is 12.3. The molecule has 0 radical (unpaired) electrons. The monoisotopic (exact) mass is 343 g/mol. The highest BCUT2D eigenvalue weighted by molar-refractivity contribution is 6.33. The van der Waals surface area contributed by atoms with Crippen molar-refractivity contribution in [3.63, 3.8) is 0 Å². The third kappa shape index (κ3) is 3.90. The number of hydrogen-bond acceptors (Lipinski definition) is 2. The van der Waals surface area contributed by atoms with Gasteiger partial charge in [0.1, 0.15) is 5.75 Å². The summed E-state index contributed by atoms with van der Waals surface area (Å²) >= 11 is 6.29. The van der Waals surface area contributed by atoms with Gasteiger partial charge in [0, 0.05) is 22.2 Å². The first-order valence-corrected chi connectivity index (χ1v) is 8.80.